The van der Waals surface area contributed by atoms with Crippen molar-refractivity contribution in [2.24, 2.45) is 5.92 Å². The fourth-order valence-corrected chi connectivity index (χ4v) is 4.55. The van der Waals surface area contributed by atoms with Crippen molar-refractivity contribution >= 4 is 23.8 Å². The molecule has 2 aliphatic heterocycles. The molecule has 2 heterocycles. The van der Waals surface area contributed by atoms with Gasteiger partial charge < -0.3 is 25.2 Å². The molecule has 5 unspecified atom stereocenters. The zero-order valence-electron chi connectivity index (χ0n) is 17.8. The van der Waals surface area contributed by atoms with E-state index in [0.717, 1.165) is 10.5 Å². The Morgan fingerprint density at radius 3 is 2.27 bits per heavy atom. The Morgan fingerprint density at radius 1 is 1.06 bits per heavy atom. The number of hydrogen-bond acceptors (Lipinski definition) is 6. The van der Waals surface area contributed by atoms with Crippen LogP contribution in [0.4, 0.5) is 0 Å². The number of aliphatic carboxylic acids is 1. The number of aliphatic hydroxyl groups is 1. The molecule has 33 heavy (non-hydrogen) atoms. The molecule has 172 valence electrons. The van der Waals surface area contributed by atoms with Gasteiger partial charge in [-0.2, -0.15) is 0 Å². The molecule has 0 aliphatic carbocycles. The van der Waals surface area contributed by atoms with E-state index in [0.29, 0.717) is 5.56 Å². The van der Waals surface area contributed by atoms with Gasteiger partial charge in [0.05, 0.1) is 12.1 Å². The number of ether oxygens (including phenoxy) is 1. The molecule has 0 aromatic heterocycles. The maximum atomic E-state index is 13.2. The summed E-state index contributed by atoms with van der Waals surface area (Å²) >= 11 is 0. The monoisotopic (exact) mass is 452 g/mol. The third kappa shape index (κ3) is 4.07. The summed E-state index contributed by atoms with van der Waals surface area (Å²) in [7, 11) is 0. The predicted molar refractivity (Wildman–Crippen MR) is 115 cm³/mol. The molecular formula is C24H24N2O7. The Bertz CT molecular complexity index is 1060. The quantitative estimate of drug-likeness (QED) is 0.319. The first-order chi connectivity index (χ1) is 15.8. The Kier molecular flexibility index (Phi) is 6.15. The summed E-state index contributed by atoms with van der Waals surface area (Å²) in [6, 6.07) is 14.2. The normalized spacial score (nSPS) is 26.7. The lowest BCUT2D eigenvalue weighted by molar-refractivity contribution is -0.164. The van der Waals surface area contributed by atoms with Crippen molar-refractivity contribution in [3.05, 3.63) is 71.8 Å². The number of esters is 1. The van der Waals surface area contributed by atoms with Gasteiger partial charge in [0.15, 0.2) is 5.92 Å². The minimum Gasteiger partial charge on any atom is -0.480 e. The molecule has 9 heteroatoms. The largest absolute Gasteiger partial charge is 0.480 e. The van der Waals surface area contributed by atoms with E-state index in [1.165, 1.54) is 0 Å². The molecule has 2 aromatic rings. The van der Waals surface area contributed by atoms with Crippen LogP contribution in [0.25, 0.3) is 0 Å². The lowest BCUT2D eigenvalue weighted by atomic mass is 9.90. The van der Waals surface area contributed by atoms with Gasteiger partial charge in [0.1, 0.15) is 18.7 Å². The Hall–Kier alpha value is -3.72. The Labute approximate surface area is 190 Å². The van der Waals surface area contributed by atoms with Gasteiger partial charge in [0.25, 0.3) is 0 Å². The predicted octanol–water partition coefficient (Wildman–Crippen LogP) is 0.673. The molecule has 4 rings (SSSR count). The molecule has 0 bridgehead atoms. The lowest BCUT2D eigenvalue weighted by Gasteiger charge is -2.45. The van der Waals surface area contributed by atoms with Crippen LogP contribution in [0, 0.1) is 5.92 Å². The Morgan fingerprint density at radius 2 is 1.67 bits per heavy atom. The number of nitrogens with one attached hydrogen (secondary N) is 1. The first-order valence-electron chi connectivity index (χ1n) is 10.6. The number of benzene rings is 2. The van der Waals surface area contributed by atoms with Crippen LogP contribution in [0.3, 0.4) is 0 Å². The molecule has 3 N–H and O–H groups in total. The fourth-order valence-electron chi connectivity index (χ4n) is 4.55. The molecule has 9 nitrogen and oxygen atoms in total. The van der Waals surface area contributed by atoms with E-state index in [4.69, 9.17) is 4.74 Å². The van der Waals surface area contributed by atoms with Crippen LogP contribution in [0.2, 0.25) is 0 Å². The average Bonchev–Trinajstić information content (AvgIpc) is 3.05. The van der Waals surface area contributed by atoms with E-state index in [1.807, 2.05) is 6.07 Å². The molecular weight excluding hydrogens is 428 g/mol. The lowest BCUT2D eigenvalue weighted by Crippen LogP contribution is -2.73. The number of carboxylic acids is 1. The maximum Gasteiger partial charge on any atom is 0.326 e. The Balaban J connectivity index is 1.51. The molecule has 6 atom stereocenters. The maximum absolute atomic E-state index is 13.2. The minimum absolute atomic E-state index is 0.0223. The molecule has 2 aliphatic rings. The summed E-state index contributed by atoms with van der Waals surface area (Å²) in [5, 5.41) is 22.4. The van der Waals surface area contributed by atoms with Crippen LogP contribution >= 0.6 is 0 Å². The smallest absolute Gasteiger partial charge is 0.326 e. The third-order valence-electron chi connectivity index (χ3n) is 6.28. The van der Waals surface area contributed by atoms with Crippen molar-refractivity contribution < 1.29 is 34.1 Å². The fraction of sp³-hybridized carbons (Fsp3) is 0.333. The minimum atomic E-state index is -1.33. The molecule has 0 saturated carbocycles. The number of carboxylic acid groups (broad SMARTS) is 1. The van der Waals surface area contributed by atoms with E-state index in [9.17, 15) is 29.4 Å². The summed E-state index contributed by atoms with van der Waals surface area (Å²) in [6.45, 7) is 1.52. The van der Waals surface area contributed by atoms with Gasteiger partial charge in [-0.25, -0.2) is 4.79 Å². The van der Waals surface area contributed by atoms with E-state index in [1.54, 1.807) is 61.5 Å². The topological polar surface area (TPSA) is 133 Å². The van der Waals surface area contributed by atoms with Gasteiger partial charge in [-0.1, -0.05) is 67.6 Å². The number of carbonyl (C=O) groups excluding carboxylic acids is 3. The highest BCUT2D eigenvalue weighted by Crippen LogP contribution is 2.39. The number of aliphatic hydroxyl groups excluding tert-OH is 1. The summed E-state index contributed by atoms with van der Waals surface area (Å²) in [5.74, 6) is -5.38. The van der Waals surface area contributed by atoms with Crippen molar-refractivity contribution in [1.82, 2.24) is 10.2 Å². The number of β-lactam (4-membered cyclic amide) rings is 1. The molecule has 2 aromatic carbocycles. The molecule has 2 saturated heterocycles. The van der Waals surface area contributed by atoms with E-state index >= 15 is 0 Å². The van der Waals surface area contributed by atoms with Crippen molar-refractivity contribution in [2.45, 2.75) is 43.7 Å². The molecule has 2 amide bonds. The van der Waals surface area contributed by atoms with Crippen LogP contribution < -0.4 is 5.32 Å². The number of rotatable bonds is 7. The summed E-state index contributed by atoms with van der Waals surface area (Å²) < 4.78 is 5.38. The molecule has 2 fully saturated rings. The highest BCUT2D eigenvalue weighted by molar-refractivity contribution is 6.06. The van der Waals surface area contributed by atoms with Crippen molar-refractivity contribution in [3.63, 3.8) is 0 Å². The van der Waals surface area contributed by atoms with E-state index in [-0.39, 0.29) is 6.61 Å². The van der Waals surface area contributed by atoms with Gasteiger partial charge in [0.2, 0.25) is 11.8 Å². The van der Waals surface area contributed by atoms with Gasteiger partial charge >= 0.3 is 11.9 Å². The summed E-state index contributed by atoms with van der Waals surface area (Å²) in [6.07, 6.45) is -1.12. The first kappa shape index (κ1) is 22.5. The van der Waals surface area contributed by atoms with Crippen molar-refractivity contribution in [2.75, 3.05) is 0 Å². The van der Waals surface area contributed by atoms with Crippen LogP contribution in [0.5, 0.6) is 0 Å². The number of hydrogen-bond donors (Lipinski definition) is 3. The zero-order valence-corrected chi connectivity index (χ0v) is 17.8. The molecule has 0 spiro atoms. The van der Waals surface area contributed by atoms with Crippen LogP contribution in [-0.2, 0) is 30.5 Å². The van der Waals surface area contributed by atoms with Crippen LogP contribution in [0.15, 0.2) is 60.7 Å². The highest BCUT2D eigenvalue weighted by atomic mass is 16.5. The van der Waals surface area contributed by atoms with Gasteiger partial charge in [-0.3, -0.25) is 14.4 Å². The highest BCUT2D eigenvalue weighted by Gasteiger charge is 2.64. The number of nitrogens with zero attached hydrogens (tertiary/aromatic N) is 1. The zero-order chi connectivity index (χ0) is 23.7. The standard InChI is InChI=1S/C24H24N2O7/c1-13-18(23(30)31)26-19(20(13)27)17(22(26)29)25-21(28)16(15-10-6-3-7-11-15)24(32)33-12-14-8-4-2-5-9-14/h2-11,13,16-20,27H,12H2,1H3,(H,25,28)(H,30,31)/t13?,16?,17?,18?,19-,20?/m0/s1. The van der Waals surface area contributed by atoms with E-state index < -0.39 is 59.8 Å². The van der Waals surface area contributed by atoms with Crippen molar-refractivity contribution in [3.8, 4) is 0 Å². The second-order valence-corrected chi connectivity index (χ2v) is 8.29. The summed E-state index contributed by atoms with van der Waals surface area (Å²) in [4.78, 5) is 51.3. The number of amides is 2. The van der Waals surface area contributed by atoms with Gasteiger partial charge in [0, 0.05) is 5.92 Å². The first-order valence-corrected chi connectivity index (χ1v) is 10.6. The van der Waals surface area contributed by atoms with E-state index in [2.05, 4.69) is 5.32 Å². The third-order valence-corrected chi connectivity index (χ3v) is 6.28. The second kappa shape index (κ2) is 9.03. The molecule has 0 radical (unpaired) electrons. The summed E-state index contributed by atoms with van der Waals surface area (Å²) in [5.41, 5.74) is 1.14. The number of carbonyl (C=O) groups is 4. The SMILES string of the molecule is CC1C(O)[C@@H]2C(NC(=O)C(C(=O)OCc3ccccc3)c3ccccc3)C(=O)N2C1C(=O)O. The van der Waals surface area contributed by atoms with Crippen molar-refractivity contribution in [1.29, 1.82) is 0 Å². The van der Waals surface area contributed by atoms with Gasteiger partial charge in [-0.05, 0) is 11.1 Å². The van der Waals surface area contributed by atoms with Gasteiger partial charge in [-0.15, -0.1) is 0 Å². The van der Waals surface area contributed by atoms with Crippen LogP contribution in [-0.4, -0.2) is 63.1 Å². The second-order valence-electron chi connectivity index (χ2n) is 8.29. The van der Waals surface area contributed by atoms with Crippen LogP contribution in [0.1, 0.15) is 24.0 Å². The number of fused-ring (bicyclic) bond motifs is 1. The average molecular weight is 452 g/mol.